The average molecular weight is 344 g/mol. The van der Waals surface area contributed by atoms with Gasteiger partial charge in [0, 0.05) is 27.4 Å². The monoisotopic (exact) mass is 344 g/mol. The average Bonchev–Trinajstić information content (AvgIpc) is 3.16. The molecule has 0 radical (unpaired) electrons. The molecule has 7 heteroatoms. The lowest BCUT2D eigenvalue weighted by Gasteiger charge is -2.25. The highest BCUT2D eigenvalue weighted by Crippen LogP contribution is 2.49. The van der Waals surface area contributed by atoms with Crippen LogP contribution in [0, 0.1) is 23.7 Å². The van der Waals surface area contributed by atoms with Gasteiger partial charge in [-0.2, -0.15) is 0 Å². The topological polar surface area (TPSA) is 85.2 Å². The van der Waals surface area contributed by atoms with E-state index in [4.69, 9.17) is 13.6 Å². The van der Waals surface area contributed by atoms with E-state index in [-0.39, 0.29) is 24.0 Å². The molecule has 2 aliphatic carbocycles. The number of aliphatic hydroxyl groups is 1. The maximum atomic E-state index is 11.4. The summed E-state index contributed by atoms with van der Waals surface area (Å²) in [6, 6.07) is 0.686. The van der Waals surface area contributed by atoms with E-state index in [9.17, 15) is 15.0 Å². The Bertz CT molecular complexity index is 415. The highest BCUT2D eigenvalue weighted by Gasteiger charge is 2.47. The summed E-state index contributed by atoms with van der Waals surface area (Å²) in [6.45, 7) is 1.16. The summed E-state index contributed by atoms with van der Waals surface area (Å²) < 4.78 is 16.3. The molecule has 4 unspecified atom stereocenters. The number of fused-ring (bicyclic) bond motifs is 2. The van der Waals surface area contributed by atoms with E-state index >= 15 is 0 Å². The van der Waals surface area contributed by atoms with E-state index in [0.717, 1.165) is 19.3 Å². The molecule has 0 aromatic heterocycles. The molecule has 132 valence electrons. The van der Waals surface area contributed by atoms with Crippen LogP contribution < -0.4 is 0 Å². The van der Waals surface area contributed by atoms with Gasteiger partial charge in [-0.3, -0.25) is 4.79 Å². The van der Waals surface area contributed by atoms with Gasteiger partial charge in [0.15, 0.2) is 0 Å². The molecule has 2 aliphatic rings. The van der Waals surface area contributed by atoms with E-state index < -0.39 is 14.5 Å². The molecule has 2 N–H and O–H groups in total. The third-order valence-electron chi connectivity index (χ3n) is 5.33. The second-order valence-corrected chi connectivity index (χ2v) is 9.91. The Hall–Kier alpha value is -0.733. The van der Waals surface area contributed by atoms with Gasteiger partial charge < -0.3 is 23.8 Å². The summed E-state index contributed by atoms with van der Waals surface area (Å²) in [5, 5.41) is 18.8. The Kier molecular flexibility index (Phi) is 6.79. The second kappa shape index (κ2) is 8.39. The van der Waals surface area contributed by atoms with Gasteiger partial charge in [-0.05, 0) is 43.1 Å². The maximum Gasteiger partial charge on any atom is 0.364 e. The summed E-state index contributed by atoms with van der Waals surface area (Å²) >= 11 is 0. The Labute approximate surface area is 138 Å². The summed E-state index contributed by atoms with van der Waals surface area (Å²) in [7, 11) is 0.690. The number of carboxylic acid groups (broad SMARTS) is 1. The van der Waals surface area contributed by atoms with E-state index in [0.29, 0.717) is 25.2 Å². The zero-order valence-electron chi connectivity index (χ0n) is 13.9. The quantitative estimate of drug-likeness (QED) is 0.336. The molecule has 1 fully saturated rings. The van der Waals surface area contributed by atoms with Crippen molar-refractivity contribution < 1.29 is 28.6 Å². The third kappa shape index (κ3) is 4.22. The molecule has 6 nitrogen and oxygen atoms in total. The Morgan fingerprint density at radius 2 is 1.91 bits per heavy atom. The lowest BCUT2D eigenvalue weighted by Crippen LogP contribution is -2.44. The van der Waals surface area contributed by atoms with Crippen molar-refractivity contribution in [1.29, 1.82) is 0 Å². The first-order chi connectivity index (χ1) is 11.1. The molecule has 0 saturated heterocycles. The van der Waals surface area contributed by atoms with Gasteiger partial charge in [0.05, 0.1) is 12.1 Å². The first-order valence-electron chi connectivity index (χ1n) is 8.27. The molecular weight excluding hydrogens is 316 g/mol. The van der Waals surface area contributed by atoms with Crippen LogP contribution in [0.3, 0.4) is 0 Å². The summed E-state index contributed by atoms with van der Waals surface area (Å²) in [5.41, 5.74) is 0. The predicted molar refractivity (Wildman–Crippen MR) is 87.1 cm³/mol. The smallest absolute Gasteiger partial charge is 0.364 e. The summed E-state index contributed by atoms with van der Waals surface area (Å²) in [4.78, 5) is 11.4. The van der Waals surface area contributed by atoms with Gasteiger partial charge in [-0.1, -0.05) is 12.2 Å². The number of aliphatic hydroxyl groups excluding tert-OH is 1. The minimum atomic E-state index is -2.45. The number of ether oxygens (including phenoxy) is 1. The molecule has 2 bridgehead atoms. The molecule has 0 aromatic carbocycles. The number of allylic oxidation sites excluding steroid dienone is 2. The number of rotatable bonds is 11. The van der Waals surface area contributed by atoms with E-state index in [1.165, 1.54) is 0 Å². The fourth-order valence-corrected chi connectivity index (χ4v) is 5.62. The molecule has 0 amide bonds. The highest BCUT2D eigenvalue weighted by molar-refractivity contribution is 6.67. The Morgan fingerprint density at radius 3 is 2.52 bits per heavy atom. The SMILES string of the molecule is CO[Si](CO)(CCCOCCC1C2C=CC(C2)C1C(=O)O)OC. The van der Waals surface area contributed by atoms with Crippen molar-refractivity contribution in [2.24, 2.45) is 23.7 Å². The van der Waals surface area contributed by atoms with Gasteiger partial charge in [0.2, 0.25) is 0 Å². The predicted octanol–water partition coefficient (Wildman–Crippen LogP) is 1.57. The first-order valence-corrected chi connectivity index (χ1v) is 10.5. The molecule has 2 rings (SSSR count). The minimum absolute atomic E-state index is 0.0578. The van der Waals surface area contributed by atoms with Crippen molar-refractivity contribution >= 4 is 14.5 Å². The largest absolute Gasteiger partial charge is 0.481 e. The second-order valence-electron chi connectivity index (χ2n) is 6.46. The van der Waals surface area contributed by atoms with Crippen LogP contribution in [-0.4, -0.2) is 58.4 Å². The lowest BCUT2D eigenvalue weighted by atomic mass is 9.81. The third-order valence-corrected chi connectivity index (χ3v) is 8.42. The summed E-state index contributed by atoms with van der Waals surface area (Å²) in [6.07, 6.45) is 6.72. The molecule has 0 aromatic rings. The number of carboxylic acids is 1. The van der Waals surface area contributed by atoms with Gasteiger partial charge in [-0.15, -0.1) is 0 Å². The van der Waals surface area contributed by atoms with Crippen molar-refractivity contribution in [3.05, 3.63) is 12.2 Å². The first kappa shape index (κ1) is 18.6. The van der Waals surface area contributed by atoms with Crippen LogP contribution in [0.4, 0.5) is 0 Å². The zero-order valence-corrected chi connectivity index (χ0v) is 14.9. The molecule has 4 atom stereocenters. The molecule has 0 spiro atoms. The number of carbonyl (C=O) groups is 1. The maximum absolute atomic E-state index is 11.4. The van der Waals surface area contributed by atoms with Crippen molar-refractivity contribution in [2.45, 2.75) is 25.3 Å². The highest BCUT2D eigenvalue weighted by atomic mass is 28.4. The van der Waals surface area contributed by atoms with Crippen LogP contribution in [0.5, 0.6) is 0 Å². The van der Waals surface area contributed by atoms with Crippen LogP contribution in [0.15, 0.2) is 12.2 Å². The number of hydrogen-bond donors (Lipinski definition) is 2. The van der Waals surface area contributed by atoms with E-state index in [1.54, 1.807) is 14.2 Å². The van der Waals surface area contributed by atoms with Gasteiger partial charge in [-0.25, -0.2) is 0 Å². The van der Waals surface area contributed by atoms with Crippen LogP contribution in [-0.2, 0) is 18.4 Å². The Balaban J connectivity index is 1.66. The molecule has 0 heterocycles. The van der Waals surface area contributed by atoms with Crippen LogP contribution in [0.25, 0.3) is 0 Å². The molecule has 1 saturated carbocycles. The van der Waals surface area contributed by atoms with Crippen molar-refractivity contribution in [3.63, 3.8) is 0 Å². The van der Waals surface area contributed by atoms with Crippen molar-refractivity contribution in [2.75, 3.05) is 33.7 Å². The zero-order chi connectivity index (χ0) is 16.9. The minimum Gasteiger partial charge on any atom is -0.481 e. The molecular formula is C16H28O6Si. The molecule has 0 aliphatic heterocycles. The lowest BCUT2D eigenvalue weighted by molar-refractivity contribution is -0.144. The Morgan fingerprint density at radius 1 is 1.22 bits per heavy atom. The number of aliphatic carboxylic acids is 1. The van der Waals surface area contributed by atoms with Gasteiger partial charge >= 0.3 is 14.5 Å². The standard InChI is InChI=1S/C16H28O6Si/c1-20-23(11-17,21-2)9-3-7-22-8-6-14-12-4-5-13(10-12)15(14)16(18)19/h4-5,12-15,17H,3,6-11H2,1-2H3,(H,18,19). The van der Waals surface area contributed by atoms with Crippen LogP contribution in [0.1, 0.15) is 19.3 Å². The van der Waals surface area contributed by atoms with E-state index in [1.807, 2.05) is 0 Å². The van der Waals surface area contributed by atoms with Crippen LogP contribution in [0.2, 0.25) is 6.04 Å². The molecule has 23 heavy (non-hydrogen) atoms. The van der Waals surface area contributed by atoms with Gasteiger partial charge in [0.1, 0.15) is 0 Å². The summed E-state index contributed by atoms with van der Waals surface area (Å²) in [5.74, 6) is -0.106. The normalized spacial score (nSPS) is 29.3. The fourth-order valence-electron chi connectivity index (χ4n) is 3.95. The van der Waals surface area contributed by atoms with Crippen molar-refractivity contribution in [1.82, 2.24) is 0 Å². The van der Waals surface area contributed by atoms with E-state index in [2.05, 4.69) is 12.2 Å². The van der Waals surface area contributed by atoms with Gasteiger partial charge in [0.25, 0.3) is 0 Å². The van der Waals surface area contributed by atoms with Crippen LogP contribution >= 0.6 is 0 Å². The number of hydrogen-bond acceptors (Lipinski definition) is 5. The fraction of sp³-hybridized carbons (Fsp3) is 0.812. The van der Waals surface area contributed by atoms with Crippen molar-refractivity contribution in [3.8, 4) is 0 Å².